The van der Waals surface area contributed by atoms with Crippen LogP contribution in [-0.4, -0.2) is 36.4 Å². The highest BCUT2D eigenvalue weighted by atomic mass is 31.2. The lowest BCUT2D eigenvalue weighted by Gasteiger charge is -2.36. The van der Waals surface area contributed by atoms with Gasteiger partial charge in [0.15, 0.2) is 30.4 Å². The molecule has 0 aliphatic carbocycles. The Balaban J connectivity index is 1.35. The quantitative estimate of drug-likeness (QED) is 0.117. The Morgan fingerprint density at radius 3 is 0.824 bits per heavy atom. The van der Waals surface area contributed by atoms with Gasteiger partial charge in [-0.15, -0.1) is 0 Å². The average molecular weight is 1090 g/mol. The fourth-order valence-corrected chi connectivity index (χ4v) is 14.3. The van der Waals surface area contributed by atoms with Crippen LogP contribution in [0.1, 0.15) is 100 Å². The van der Waals surface area contributed by atoms with Crippen molar-refractivity contribution in [2.24, 2.45) is 0 Å². The van der Waals surface area contributed by atoms with Crippen LogP contribution >= 0.6 is 30.4 Å². The number of hydrogen-bond donors (Lipinski definition) is 0. The van der Waals surface area contributed by atoms with Crippen molar-refractivity contribution >= 4 is 51.6 Å². The zero-order valence-corrected chi connectivity index (χ0v) is 45.8. The molecule has 4 aromatic carbocycles. The molecule has 6 aromatic rings. The summed E-state index contributed by atoms with van der Waals surface area (Å²) in [6, 6.07) is 28.0. The van der Waals surface area contributed by atoms with Crippen LogP contribution < -0.4 is 59.7 Å². The van der Waals surface area contributed by atoms with Gasteiger partial charge in [-0.3, -0.25) is 9.97 Å². The van der Waals surface area contributed by atoms with Crippen molar-refractivity contribution in [3.8, 4) is 23.0 Å². The molecule has 16 rings (SSSR count). The normalized spacial score (nSPS) is 17.9. The summed E-state index contributed by atoms with van der Waals surface area (Å²) in [6.45, 7) is 11.7. The number of hydrogen-bond acceptors (Lipinski definition) is 18. The molecule has 0 radical (unpaired) electrons. The Morgan fingerprint density at radius 2 is 0.622 bits per heavy atom. The molecule has 12 bridgehead atoms. The smallest absolute Gasteiger partial charge is 0.165 e. The van der Waals surface area contributed by atoms with Gasteiger partial charge >= 0.3 is 0 Å². The van der Waals surface area contributed by atoms with Crippen molar-refractivity contribution in [2.75, 3.05) is 26.4 Å². The monoisotopic (exact) mass is 1090 g/mol. The maximum atomic E-state index is 13.9. The van der Waals surface area contributed by atoms with E-state index in [0.717, 1.165) is 0 Å². The molecule has 0 amide bonds. The van der Waals surface area contributed by atoms with Crippen molar-refractivity contribution in [2.45, 2.75) is 92.6 Å². The minimum Gasteiger partial charge on any atom is -0.775 e. The van der Waals surface area contributed by atoms with E-state index in [1.165, 1.54) is 52.0 Å². The molecule has 0 N–H and O–H groups in total. The number of rotatable bonds is 12. The first-order valence-electron chi connectivity index (χ1n) is 23.8. The van der Waals surface area contributed by atoms with E-state index in [1.54, 1.807) is 113 Å². The largest absolute Gasteiger partial charge is 0.775 e. The van der Waals surface area contributed by atoms with Gasteiger partial charge in [-0.05, 0) is 123 Å². The lowest BCUT2D eigenvalue weighted by Crippen LogP contribution is -2.35. The van der Waals surface area contributed by atoms with Gasteiger partial charge in [0.1, 0.15) is 49.4 Å². The predicted octanol–water partition coefficient (Wildman–Crippen LogP) is 6.62. The summed E-state index contributed by atoms with van der Waals surface area (Å²) in [6.07, 6.45) is 0. The molecule has 0 saturated carbocycles. The van der Waals surface area contributed by atoms with Crippen LogP contribution in [0, 0.1) is 0 Å². The number of aromatic nitrogens is 2. The van der Waals surface area contributed by atoms with Crippen molar-refractivity contribution in [3.05, 3.63) is 154 Å². The third kappa shape index (κ3) is 12.8. The van der Waals surface area contributed by atoms with Crippen LogP contribution in [-0.2, 0) is 73.6 Å². The Bertz CT molecular complexity index is 2790. The van der Waals surface area contributed by atoms with Gasteiger partial charge in [-0.1, -0.05) is 64.1 Å². The summed E-state index contributed by atoms with van der Waals surface area (Å²) in [5.74, 6) is 0.584. The highest BCUT2D eigenvalue weighted by molar-refractivity contribution is 7.61. The van der Waals surface area contributed by atoms with E-state index in [-0.39, 0.29) is 119 Å². The topological polar surface area (TPSA) is 260 Å². The van der Waals surface area contributed by atoms with Crippen LogP contribution in [0.3, 0.4) is 0 Å². The fraction of sp³-hybridized carbons (Fsp3) is 0.346. The second-order valence-electron chi connectivity index (χ2n) is 18.0. The second kappa shape index (κ2) is 23.1. The van der Waals surface area contributed by atoms with Gasteiger partial charge in [0, 0.05) is 32.0 Å². The highest BCUT2D eigenvalue weighted by Crippen LogP contribution is 2.48. The lowest BCUT2D eigenvalue weighted by atomic mass is 9.78. The molecule has 2 aromatic heterocycles. The van der Waals surface area contributed by atoms with E-state index < -0.39 is 41.2 Å². The van der Waals surface area contributed by atoms with E-state index in [2.05, 4.69) is 9.97 Å². The van der Waals surface area contributed by atoms with E-state index in [1.807, 2.05) is 0 Å². The van der Waals surface area contributed by atoms with Crippen LogP contribution in [0.4, 0.5) is 0 Å². The molecule has 74 heavy (non-hydrogen) atoms. The molecule has 10 aliphatic heterocycles. The van der Waals surface area contributed by atoms with Crippen molar-refractivity contribution in [1.82, 2.24) is 9.97 Å². The third-order valence-corrected chi connectivity index (χ3v) is 18.5. The second-order valence-corrected chi connectivity index (χ2v) is 25.0. The maximum absolute atomic E-state index is 13.9. The summed E-state index contributed by atoms with van der Waals surface area (Å²) in [5, 5.41) is -0.906. The predicted molar refractivity (Wildman–Crippen MR) is 271 cm³/mol. The standard InChI is InChI=1S/C52H62N2O16P4/c1-9-67-71(55,56)47-27-39-19-23-43(47)51(5,6)44-24-20-40(28-48(44)72(57,58)68-10-2)64-33-37-17-14-18-38(54-37)34-66-42-22-26-46(50(30-42)74(61,62)70-12-4)52(7,8)45-25-21-41(29-49(45)73(59,60)69-11-3)65-32-36-16-13-15-35(53-36)31-63-39/h13-30H,9-12,31-34H2,1-8H3,(H,55,56)(H,57,58)(H,59,60)(H,61,62)/p-4. The molecule has 4 unspecified atom stereocenters. The summed E-state index contributed by atoms with van der Waals surface area (Å²) in [5.41, 5.74) is -0.0415. The Morgan fingerprint density at radius 1 is 0.405 bits per heavy atom. The molecule has 0 spiro atoms. The Labute approximate surface area is 431 Å². The van der Waals surface area contributed by atoms with Gasteiger partial charge in [0.25, 0.3) is 0 Å². The zero-order chi connectivity index (χ0) is 53.7. The molecule has 18 nitrogen and oxygen atoms in total. The Kier molecular flexibility index (Phi) is 17.7. The van der Waals surface area contributed by atoms with Crippen LogP contribution in [0.15, 0.2) is 109 Å². The number of ether oxygens (including phenoxy) is 4. The first kappa shape index (κ1) is 56.7. The molecule has 10 aliphatic rings. The molecule has 22 heteroatoms. The highest BCUT2D eigenvalue weighted by Gasteiger charge is 2.36. The van der Waals surface area contributed by atoms with Gasteiger partial charge in [0.05, 0.1) is 49.2 Å². The van der Waals surface area contributed by atoms with E-state index in [9.17, 15) is 37.8 Å². The fourth-order valence-electron chi connectivity index (χ4n) is 8.68. The summed E-state index contributed by atoms with van der Waals surface area (Å²) < 4.78 is 101. The minimum atomic E-state index is -4.81. The lowest BCUT2D eigenvalue weighted by molar-refractivity contribution is -0.194. The molecule has 0 fully saturated rings. The first-order chi connectivity index (χ1) is 34.9. The van der Waals surface area contributed by atoms with Crippen LogP contribution in [0.25, 0.3) is 0 Å². The van der Waals surface area contributed by atoms with E-state index >= 15 is 0 Å². The van der Waals surface area contributed by atoms with Gasteiger partial charge in [-0.2, -0.15) is 0 Å². The number of benzene rings is 4. The van der Waals surface area contributed by atoms with Gasteiger partial charge < -0.3 is 74.9 Å². The zero-order valence-electron chi connectivity index (χ0n) is 42.3. The molecule has 396 valence electrons. The van der Waals surface area contributed by atoms with Crippen molar-refractivity contribution < 1.29 is 74.9 Å². The van der Waals surface area contributed by atoms with E-state index in [4.69, 9.17) is 37.0 Å². The van der Waals surface area contributed by atoms with Gasteiger partial charge in [0.2, 0.25) is 0 Å². The van der Waals surface area contributed by atoms with Crippen molar-refractivity contribution in [1.29, 1.82) is 0 Å². The average Bonchev–Trinajstić information content (AvgIpc) is 3.35. The maximum Gasteiger partial charge on any atom is 0.165 e. The van der Waals surface area contributed by atoms with Crippen LogP contribution in [0.2, 0.25) is 0 Å². The van der Waals surface area contributed by atoms with Gasteiger partial charge in [-0.25, -0.2) is 0 Å². The summed E-state index contributed by atoms with van der Waals surface area (Å²) >= 11 is 0. The third-order valence-electron chi connectivity index (χ3n) is 12.2. The number of pyridine rings is 2. The molecule has 0 saturated heterocycles. The Hall–Kier alpha value is -5.02. The van der Waals surface area contributed by atoms with Crippen molar-refractivity contribution in [3.63, 3.8) is 0 Å². The molecule has 4 atom stereocenters. The molecular weight excluding hydrogens is 1030 g/mol. The minimum absolute atomic E-state index is 0.122. The molecule has 12 heterocycles. The summed E-state index contributed by atoms with van der Waals surface area (Å²) in [7, 11) is -19.2. The molecular formula is C52H58N2O16P4-4. The summed E-state index contributed by atoms with van der Waals surface area (Å²) in [4.78, 5) is 64.9. The van der Waals surface area contributed by atoms with Crippen LogP contribution in [0.5, 0.6) is 23.0 Å². The number of nitrogens with zero attached hydrogens (tertiary/aromatic N) is 2. The van der Waals surface area contributed by atoms with E-state index in [0.29, 0.717) is 22.8 Å². The first-order valence-corrected chi connectivity index (χ1v) is 30.0. The SMILES string of the molecule is CCOP(=O)([O-])c1cc2ccc1C(C)(C)c1ccc(cc1P(=O)([O-])OCC)OCc1cccc(n1)COc1ccc(c(P(=O)([O-])OCC)c1)C(C)(C)c1ccc(cc1P(=O)([O-])OCC)OCc1cccc(n1)CO2.